The molecule has 0 aliphatic rings. The van der Waals surface area contributed by atoms with E-state index in [0.29, 0.717) is 0 Å². The van der Waals surface area contributed by atoms with E-state index in [0.717, 1.165) is 5.75 Å². The summed E-state index contributed by atoms with van der Waals surface area (Å²) in [4.78, 5) is 0. The Balaban J connectivity index is 3.30. The van der Waals surface area contributed by atoms with E-state index in [1.165, 1.54) is 11.1 Å². The number of rotatable bonds is 2. The maximum absolute atomic E-state index is 6.01. The van der Waals surface area contributed by atoms with Gasteiger partial charge in [0.25, 0.3) is 0 Å². The van der Waals surface area contributed by atoms with E-state index < -0.39 is 0 Å². The third-order valence-corrected chi connectivity index (χ3v) is 3.02. The number of hydrogen-bond acceptors (Lipinski definition) is 1. The second kappa shape index (κ2) is 4.95. The van der Waals surface area contributed by atoms with Crippen LogP contribution in [-0.4, -0.2) is 6.10 Å². The molecule has 1 heteroatoms. The molecule has 0 bridgehead atoms. The molecule has 0 N–H and O–H groups in total. The summed E-state index contributed by atoms with van der Waals surface area (Å²) in [6.45, 7) is 17.5. The van der Waals surface area contributed by atoms with E-state index in [9.17, 15) is 0 Å². The van der Waals surface area contributed by atoms with E-state index in [4.69, 9.17) is 4.74 Å². The summed E-state index contributed by atoms with van der Waals surface area (Å²) in [6, 6.07) is 6.66. The van der Waals surface area contributed by atoms with Gasteiger partial charge in [-0.05, 0) is 41.9 Å². The molecule has 102 valence electrons. The van der Waals surface area contributed by atoms with E-state index in [2.05, 4.69) is 73.6 Å². The fourth-order valence-electron chi connectivity index (χ4n) is 1.96. The number of hydrogen-bond donors (Lipinski definition) is 0. The van der Waals surface area contributed by atoms with E-state index >= 15 is 0 Å². The molecule has 0 heterocycles. The first-order valence-corrected chi connectivity index (χ1v) is 6.83. The monoisotopic (exact) mass is 248 g/mol. The summed E-state index contributed by atoms with van der Waals surface area (Å²) < 4.78 is 6.01. The SMILES string of the molecule is CC(C)Oc1cc(C(C)(C)C)ccc1C(C)(C)C. The number of benzene rings is 1. The predicted molar refractivity (Wildman–Crippen MR) is 79.6 cm³/mol. The van der Waals surface area contributed by atoms with Crippen LogP contribution in [-0.2, 0) is 10.8 Å². The molecule has 1 aromatic carbocycles. The van der Waals surface area contributed by atoms with E-state index in [1.807, 2.05) is 0 Å². The number of ether oxygens (including phenoxy) is 1. The van der Waals surface area contributed by atoms with Crippen molar-refractivity contribution in [3.8, 4) is 5.75 Å². The highest BCUT2D eigenvalue weighted by molar-refractivity contribution is 5.43. The molecule has 0 fully saturated rings. The normalized spacial score (nSPS) is 12.9. The van der Waals surface area contributed by atoms with Crippen molar-refractivity contribution >= 4 is 0 Å². The van der Waals surface area contributed by atoms with Gasteiger partial charge in [-0.1, -0.05) is 53.7 Å². The largest absolute Gasteiger partial charge is 0.491 e. The molecule has 0 aromatic heterocycles. The van der Waals surface area contributed by atoms with Gasteiger partial charge in [-0.3, -0.25) is 0 Å². The van der Waals surface area contributed by atoms with Crippen LogP contribution in [0.1, 0.15) is 66.5 Å². The van der Waals surface area contributed by atoms with Crippen LogP contribution in [0.2, 0.25) is 0 Å². The summed E-state index contributed by atoms with van der Waals surface area (Å²) in [7, 11) is 0. The van der Waals surface area contributed by atoms with E-state index in [-0.39, 0.29) is 16.9 Å². The molecule has 0 saturated carbocycles. The van der Waals surface area contributed by atoms with Crippen LogP contribution >= 0.6 is 0 Å². The average Bonchev–Trinajstić information content (AvgIpc) is 2.13. The van der Waals surface area contributed by atoms with Gasteiger partial charge in [-0.25, -0.2) is 0 Å². The molecule has 0 atom stereocenters. The first-order valence-electron chi connectivity index (χ1n) is 6.83. The quantitative estimate of drug-likeness (QED) is 0.710. The van der Waals surface area contributed by atoms with Gasteiger partial charge >= 0.3 is 0 Å². The van der Waals surface area contributed by atoms with Crippen LogP contribution in [0.3, 0.4) is 0 Å². The Morgan fingerprint density at radius 3 is 1.83 bits per heavy atom. The maximum Gasteiger partial charge on any atom is 0.123 e. The molecule has 1 aromatic rings. The fourth-order valence-corrected chi connectivity index (χ4v) is 1.96. The van der Waals surface area contributed by atoms with Gasteiger partial charge in [0.15, 0.2) is 0 Å². The first kappa shape index (κ1) is 15.1. The van der Waals surface area contributed by atoms with Gasteiger partial charge < -0.3 is 4.74 Å². The molecular weight excluding hydrogens is 220 g/mol. The fraction of sp³-hybridized carbons (Fsp3) is 0.647. The van der Waals surface area contributed by atoms with Crippen molar-refractivity contribution in [3.63, 3.8) is 0 Å². The molecule has 1 rings (SSSR count). The highest BCUT2D eigenvalue weighted by Crippen LogP contribution is 2.35. The zero-order chi connectivity index (χ0) is 14.1. The Morgan fingerprint density at radius 2 is 1.44 bits per heavy atom. The lowest BCUT2D eigenvalue weighted by atomic mass is 9.81. The topological polar surface area (TPSA) is 9.23 Å². The predicted octanol–water partition coefficient (Wildman–Crippen LogP) is 5.07. The maximum atomic E-state index is 6.01. The lowest BCUT2D eigenvalue weighted by Gasteiger charge is -2.27. The third-order valence-electron chi connectivity index (χ3n) is 3.02. The minimum atomic E-state index is 0.112. The van der Waals surface area contributed by atoms with Crippen LogP contribution in [0.5, 0.6) is 5.75 Å². The van der Waals surface area contributed by atoms with Gasteiger partial charge in [-0.2, -0.15) is 0 Å². The molecule has 0 amide bonds. The Morgan fingerprint density at radius 1 is 0.889 bits per heavy atom. The van der Waals surface area contributed by atoms with Gasteiger partial charge in [0.05, 0.1) is 6.10 Å². The smallest absolute Gasteiger partial charge is 0.123 e. The molecule has 0 saturated heterocycles. The van der Waals surface area contributed by atoms with Crippen molar-refractivity contribution in [3.05, 3.63) is 29.3 Å². The van der Waals surface area contributed by atoms with E-state index in [1.54, 1.807) is 0 Å². The first-order chi connectivity index (χ1) is 8.01. The van der Waals surface area contributed by atoms with Crippen LogP contribution in [0, 0.1) is 0 Å². The van der Waals surface area contributed by atoms with Crippen LogP contribution in [0.4, 0.5) is 0 Å². The highest BCUT2D eigenvalue weighted by Gasteiger charge is 2.22. The summed E-state index contributed by atoms with van der Waals surface area (Å²) >= 11 is 0. The van der Waals surface area contributed by atoms with Crippen molar-refractivity contribution in [1.82, 2.24) is 0 Å². The zero-order valence-electron chi connectivity index (χ0n) is 13.2. The second-order valence-corrected chi connectivity index (χ2v) is 7.38. The van der Waals surface area contributed by atoms with Crippen LogP contribution < -0.4 is 4.74 Å². The summed E-state index contributed by atoms with van der Waals surface area (Å²) in [5.41, 5.74) is 2.88. The minimum Gasteiger partial charge on any atom is -0.491 e. The molecule has 0 unspecified atom stereocenters. The molecule has 0 aliphatic carbocycles. The van der Waals surface area contributed by atoms with Crippen molar-refractivity contribution in [2.75, 3.05) is 0 Å². The third kappa shape index (κ3) is 3.76. The Bertz CT molecular complexity index is 403. The highest BCUT2D eigenvalue weighted by atomic mass is 16.5. The molecule has 0 aliphatic heterocycles. The van der Waals surface area contributed by atoms with Crippen LogP contribution in [0.15, 0.2) is 18.2 Å². The lowest BCUT2D eigenvalue weighted by Crippen LogP contribution is -2.18. The van der Waals surface area contributed by atoms with Gasteiger partial charge in [0, 0.05) is 0 Å². The van der Waals surface area contributed by atoms with Gasteiger partial charge in [0.2, 0.25) is 0 Å². The Kier molecular flexibility index (Phi) is 4.15. The standard InChI is InChI=1S/C17H28O/c1-12(2)18-15-11-13(16(3,4)5)9-10-14(15)17(6,7)8/h9-12H,1-8H3. The van der Waals surface area contributed by atoms with Crippen molar-refractivity contribution < 1.29 is 4.74 Å². The summed E-state index contributed by atoms with van der Waals surface area (Å²) in [5.74, 6) is 1.03. The zero-order valence-corrected chi connectivity index (χ0v) is 13.2. The van der Waals surface area contributed by atoms with Crippen molar-refractivity contribution in [1.29, 1.82) is 0 Å². The Hall–Kier alpha value is -0.980. The van der Waals surface area contributed by atoms with Gasteiger partial charge in [0.1, 0.15) is 5.75 Å². The van der Waals surface area contributed by atoms with Crippen molar-refractivity contribution in [2.45, 2.75) is 72.3 Å². The van der Waals surface area contributed by atoms with Crippen molar-refractivity contribution in [2.24, 2.45) is 0 Å². The average molecular weight is 248 g/mol. The minimum absolute atomic E-state index is 0.112. The molecule has 18 heavy (non-hydrogen) atoms. The second-order valence-electron chi connectivity index (χ2n) is 7.38. The van der Waals surface area contributed by atoms with Gasteiger partial charge in [-0.15, -0.1) is 0 Å². The molecule has 0 radical (unpaired) electrons. The summed E-state index contributed by atoms with van der Waals surface area (Å²) in [5, 5.41) is 0. The lowest BCUT2D eigenvalue weighted by molar-refractivity contribution is 0.236. The van der Waals surface area contributed by atoms with Crippen LogP contribution in [0.25, 0.3) is 0 Å². The Labute approximate surface area is 113 Å². The molecular formula is C17H28O. The molecule has 0 spiro atoms. The summed E-state index contributed by atoms with van der Waals surface area (Å²) in [6.07, 6.45) is 0.210. The molecule has 1 nitrogen and oxygen atoms in total.